The van der Waals surface area contributed by atoms with Crippen molar-refractivity contribution in [1.82, 2.24) is 0 Å². The van der Waals surface area contributed by atoms with E-state index < -0.39 is 6.10 Å². The second kappa shape index (κ2) is 9.46. The van der Waals surface area contributed by atoms with E-state index in [-0.39, 0.29) is 42.4 Å². The van der Waals surface area contributed by atoms with Gasteiger partial charge in [-0.25, -0.2) is 0 Å². The van der Waals surface area contributed by atoms with E-state index in [0.29, 0.717) is 24.2 Å². The van der Waals surface area contributed by atoms with Crippen LogP contribution in [0.1, 0.15) is 66.2 Å². The van der Waals surface area contributed by atoms with Crippen LogP contribution >= 0.6 is 0 Å². The van der Waals surface area contributed by atoms with Gasteiger partial charge in [0.25, 0.3) is 0 Å². The van der Waals surface area contributed by atoms with Gasteiger partial charge in [-0.1, -0.05) is 45.9 Å². The Hall–Kier alpha value is -1.62. The average Bonchev–Trinajstić information content (AvgIpc) is 2.65. The summed E-state index contributed by atoms with van der Waals surface area (Å²) in [4.78, 5) is 24.2. The first-order chi connectivity index (χ1) is 13.8. The lowest BCUT2D eigenvalue weighted by atomic mass is 9.65. The van der Waals surface area contributed by atoms with E-state index in [9.17, 15) is 14.7 Å². The molecular weight excluding hydrogens is 368 g/mol. The minimum Gasteiger partial charge on any atom is -0.462 e. The zero-order chi connectivity index (χ0) is 21.1. The van der Waals surface area contributed by atoms with Crippen LogP contribution in [0, 0.1) is 29.6 Å². The van der Waals surface area contributed by atoms with Crippen molar-refractivity contribution >= 4 is 11.9 Å². The maximum Gasteiger partial charge on any atom is 0.308 e. The molecule has 5 nitrogen and oxygen atoms in total. The van der Waals surface area contributed by atoms with Gasteiger partial charge in [0.1, 0.15) is 12.2 Å². The summed E-state index contributed by atoms with van der Waals surface area (Å²) in [5.41, 5.74) is 1.27. The van der Waals surface area contributed by atoms with Crippen LogP contribution in [0.15, 0.2) is 23.8 Å². The molecule has 29 heavy (non-hydrogen) atoms. The van der Waals surface area contributed by atoms with Gasteiger partial charge in [0.05, 0.1) is 18.4 Å². The van der Waals surface area contributed by atoms with Gasteiger partial charge in [-0.05, 0) is 49.0 Å². The van der Waals surface area contributed by atoms with Crippen LogP contribution in [0.4, 0.5) is 0 Å². The van der Waals surface area contributed by atoms with Crippen LogP contribution in [0.25, 0.3) is 0 Å². The summed E-state index contributed by atoms with van der Waals surface area (Å²) in [6.07, 6.45) is 9.70. The van der Waals surface area contributed by atoms with Crippen LogP contribution in [0.2, 0.25) is 0 Å². The highest BCUT2D eigenvalue weighted by Crippen LogP contribution is 2.45. The zero-order valence-corrected chi connectivity index (χ0v) is 18.2. The Morgan fingerprint density at radius 1 is 1.31 bits per heavy atom. The first-order valence-electron chi connectivity index (χ1n) is 11.3. The number of ether oxygens (including phenoxy) is 2. The van der Waals surface area contributed by atoms with Crippen molar-refractivity contribution in [1.29, 1.82) is 0 Å². The molecule has 0 aromatic carbocycles. The molecule has 0 saturated carbocycles. The Balaban J connectivity index is 1.74. The van der Waals surface area contributed by atoms with E-state index in [2.05, 4.69) is 32.1 Å². The standard InChI is InChI=1S/C24H36O5/c1-5-15(3)24(27)29-21-11-14(2)10-17-7-6-16(4)20(23(17)21)9-8-19-12-18(25)13-22(26)28-19/h6-7,10,14-16,18-21,23,25H,5,8-9,11-13H2,1-4H3/t14?,15?,16?,18?,19-,20?,21?,23?/m1/s1. The van der Waals surface area contributed by atoms with Crippen LogP contribution in [0.5, 0.6) is 0 Å². The number of hydrogen-bond donors (Lipinski definition) is 1. The summed E-state index contributed by atoms with van der Waals surface area (Å²) in [6, 6.07) is 0. The Morgan fingerprint density at radius 3 is 2.76 bits per heavy atom. The van der Waals surface area contributed by atoms with Gasteiger partial charge in [0.15, 0.2) is 0 Å². The first kappa shape index (κ1) is 22.1. The lowest BCUT2D eigenvalue weighted by Crippen LogP contribution is -2.42. The number of fused-ring (bicyclic) bond motifs is 1. The van der Waals surface area contributed by atoms with E-state index in [1.165, 1.54) is 5.57 Å². The van der Waals surface area contributed by atoms with E-state index in [1.54, 1.807) is 0 Å². The molecule has 5 heteroatoms. The maximum absolute atomic E-state index is 12.5. The lowest BCUT2D eigenvalue weighted by molar-refractivity contribution is -0.162. The smallest absolute Gasteiger partial charge is 0.308 e. The summed E-state index contributed by atoms with van der Waals surface area (Å²) < 4.78 is 11.5. The summed E-state index contributed by atoms with van der Waals surface area (Å²) in [5.74, 6) is 0.755. The minimum absolute atomic E-state index is 0.0854. The third-order valence-electron chi connectivity index (χ3n) is 6.93. The minimum atomic E-state index is -0.597. The predicted molar refractivity (Wildman–Crippen MR) is 111 cm³/mol. The van der Waals surface area contributed by atoms with Crippen molar-refractivity contribution in [2.75, 3.05) is 0 Å². The second-order valence-corrected chi connectivity index (χ2v) is 9.36. The van der Waals surface area contributed by atoms with E-state index in [0.717, 1.165) is 25.7 Å². The van der Waals surface area contributed by atoms with Gasteiger partial charge in [-0.2, -0.15) is 0 Å². The monoisotopic (exact) mass is 404 g/mol. The van der Waals surface area contributed by atoms with Crippen molar-refractivity contribution in [2.45, 2.75) is 84.5 Å². The molecule has 2 aliphatic carbocycles. The Bertz CT molecular complexity index is 666. The van der Waals surface area contributed by atoms with Crippen molar-refractivity contribution < 1.29 is 24.2 Å². The first-order valence-corrected chi connectivity index (χ1v) is 11.3. The quantitative estimate of drug-likeness (QED) is 0.672. The summed E-state index contributed by atoms with van der Waals surface area (Å²) in [5, 5.41) is 9.89. The number of allylic oxidation sites excluding steroid dienone is 3. The van der Waals surface area contributed by atoms with Gasteiger partial charge in [0.2, 0.25) is 0 Å². The van der Waals surface area contributed by atoms with Crippen molar-refractivity contribution in [3.8, 4) is 0 Å². The Labute approximate surface area is 174 Å². The third kappa shape index (κ3) is 5.30. The topological polar surface area (TPSA) is 72.8 Å². The Morgan fingerprint density at radius 2 is 2.07 bits per heavy atom. The maximum atomic E-state index is 12.5. The molecule has 0 radical (unpaired) electrons. The largest absolute Gasteiger partial charge is 0.462 e. The van der Waals surface area contributed by atoms with Crippen molar-refractivity contribution in [3.05, 3.63) is 23.8 Å². The number of aliphatic hydroxyl groups is 1. The number of hydrogen-bond acceptors (Lipinski definition) is 5. The average molecular weight is 405 g/mol. The fourth-order valence-corrected chi connectivity index (χ4v) is 5.07. The van der Waals surface area contributed by atoms with Gasteiger partial charge in [-0.15, -0.1) is 0 Å². The molecule has 1 N–H and O–H groups in total. The molecule has 3 rings (SSSR count). The van der Waals surface area contributed by atoms with Gasteiger partial charge in [0, 0.05) is 12.3 Å². The number of rotatable bonds is 6. The number of carbonyl (C=O) groups is 2. The van der Waals surface area contributed by atoms with E-state index in [1.807, 2.05) is 13.8 Å². The highest BCUT2D eigenvalue weighted by molar-refractivity contribution is 5.72. The molecule has 7 unspecified atom stereocenters. The molecule has 162 valence electrons. The number of esters is 2. The number of aliphatic hydroxyl groups excluding tert-OH is 1. The third-order valence-corrected chi connectivity index (χ3v) is 6.93. The number of cyclic esters (lactones) is 1. The molecule has 3 aliphatic rings. The van der Waals surface area contributed by atoms with E-state index >= 15 is 0 Å². The summed E-state index contributed by atoms with van der Waals surface area (Å²) in [6.45, 7) is 8.33. The van der Waals surface area contributed by atoms with Crippen LogP contribution < -0.4 is 0 Å². The van der Waals surface area contributed by atoms with Crippen LogP contribution in [-0.2, 0) is 19.1 Å². The Kier molecular flexibility index (Phi) is 7.20. The molecular formula is C24H36O5. The molecule has 0 aromatic heterocycles. The van der Waals surface area contributed by atoms with Gasteiger partial charge >= 0.3 is 11.9 Å². The normalized spacial score (nSPS) is 37.9. The molecule has 1 fully saturated rings. The van der Waals surface area contributed by atoms with E-state index in [4.69, 9.17) is 9.47 Å². The molecule has 1 saturated heterocycles. The molecule has 8 atom stereocenters. The van der Waals surface area contributed by atoms with Gasteiger partial charge < -0.3 is 14.6 Å². The van der Waals surface area contributed by atoms with Crippen molar-refractivity contribution in [3.63, 3.8) is 0 Å². The summed E-state index contributed by atoms with van der Waals surface area (Å²) >= 11 is 0. The molecule has 1 heterocycles. The molecule has 0 spiro atoms. The second-order valence-electron chi connectivity index (χ2n) is 9.36. The molecule has 0 amide bonds. The fourth-order valence-electron chi connectivity index (χ4n) is 5.07. The predicted octanol–water partition coefficient (Wildman–Crippen LogP) is 4.20. The van der Waals surface area contributed by atoms with Crippen LogP contribution in [0.3, 0.4) is 0 Å². The molecule has 0 bridgehead atoms. The number of carbonyl (C=O) groups excluding carboxylic acids is 2. The molecule has 0 aromatic rings. The highest BCUT2D eigenvalue weighted by atomic mass is 16.5. The highest BCUT2D eigenvalue weighted by Gasteiger charge is 2.42. The SMILES string of the molecule is CCC(C)C(=O)OC1CC(C)C=C2C=CC(C)C(CC[C@@H]3CC(O)CC(=O)O3)C21. The van der Waals surface area contributed by atoms with Gasteiger partial charge in [-0.3, -0.25) is 9.59 Å². The fraction of sp³-hybridized carbons (Fsp3) is 0.750. The zero-order valence-electron chi connectivity index (χ0n) is 18.2. The van der Waals surface area contributed by atoms with Crippen LogP contribution in [-0.4, -0.2) is 35.4 Å². The summed E-state index contributed by atoms with van der Waals surface area (Å²) in [7, 11) is 0. The lowest BCUT2D eigenvalue weighted by Gasteiger charge is -2.43. The van der Waals surface area contributed by atoms with Crippen molar-refractivity contribution in [2.24, 2.45) is 29.6 Å². The molecule has 1 aliphatic heterocycles.